The van der Waals surface area contributed by atoms with E-state index in [4.69, 9.17) is 18.9 Å². The van der Waals surface area contributed by atoms with E-state index < -0.39 is 12.1 Å². The summed E-state index contributed by atoms with van der Waals surface area (Å²) in [7, 11) is 3.16. The van der Waals surface area contributed by atoms with E-state index in [0.29, 0.717) is 28.6 Å². The Bertz CT molecular complexity index is 1160. The Kier molecular flexibility index (Phi) is 6.79. The summed E-state index contributed by atoms with van der Waals surface area (Å²) in [6, 6.07) is 12.9. The number of rotatable bonds is 8. The summed E-state index contributed by atoms with van der Waals surface area (Å²) in [4.78, 5) is 31.0. The van der Waals surface area contributed by atoms with Gasteiger partial charge in [-0.3, -0.25) is 9.59 Å². The van der Waals surface area contributed by atoms with E-state index in [9.17, 15) is 9.59 Å². The molecule has 4 rings (SSSR count). The van der Waals surface area contributed by atoms with Crippen LogP contribution in [0.3, 0.4) is 0 Å². The van der Waals surface area contributed by atoms with Crippen LogP contribution in [-0.4, -0.2) is 43.7 Å². The van der Waals surface area contributed by atoms with E-state index in [1.165, 1.54) is 11.3 Å². The minimum atomic E-state index is -0.599. The zero-order valence-electron chi connectivity index (χ0n) is 18.6. The van der Waals surface area contributed by atoms with Crippen LogP contribution in [0.5, 0.6) is 17.2 Å². The third kappa shape index (κ3) is 4.78. The van der Waals surface area contributed by atoms with Gasteiger partial charge in [-0.2, -0.15) is 0 Å². The van der Waals surface area contributed by atoms with Crippen molar-refractivity contribution in [3.63, 3.8) is 0 Å². The maximum Gasteiger partial charge on any atom is 0.307 e. The maximum atomic E-state index is 12.5. The lowest BCUT2D eigenvalue weighted by Gasteiger charge is -2.32. The standard InChI is InChI=1S/C24H24N2O6S/c1-15-24(28)26(18-8-4-5-9-19(18)32-15)12-11-21(27)31-13-16-14-33-23(25-16)17-7-6-10-20(29-2)22(17)30-3/h4-10,14-15H,11-13H2,1-3H3/t15-/m0/s1. The average molecular weight is 469 g/mol. The highest BCUT2D eigenvalue weighted by molar-refractivity contribution is 7.13. The molecule has 2 aromatic carbocycles. The first-order valence-electron chi connectivity index (χ1n) is 10.4. The third-order valence-corrected chi connectivity index (χ3v) is 6.10. The molecule has 1 aliphatic rings. The molecule has 33 heavy (non-hydrogen) atoms. The van der Waals surface area contributed by atoms with Crippen LogP contribution in [0.4, 0.5) is 5.69 Å². The van der Waals surface area contributed by atoms with Crippen molar-refractivity contribution in [2.45, 2.75) is 26.1 Å². The zero-order valence-corrected chi connectivity index (χ0v) is 19.4. The number of carbonyl (C=O) groups excluding carboxylic acids is 2. The van der Waals surface area contributed by atoms with Gasteiger partial charge < -0.3 is 23.8 Å². The van der Waals surface area contributed by atoms with E-state index in [0.717, 1.165) is 10.6 Å². The molecule has 0 radical (unpaired) electrons. The molecule has 0 saturated heterocycles. The van der Waals surface area contributed by atoms with Gasteiger partial charge in [-0.25, -0.2) is 4.98 Å². The van der Waals surface area contributed by atoms with Crippen LogP contribution in [0.25, 0.3) is 10.6 Å². The second-order valence-electron chi connectivity index (χ2n) is 7.31. The fourth-order valence-electron chi connectivity index (χ4n) is 3.57. The molecule has 172 valence electrons. The van der Waals surface area contributed by atoms with Crippen molar-refractivity contribution >= 4 is 28.9 Å². The Hall–Kier alpha value is -3.59. The van der Waals surface area contributed by atoms with Crippen LogP contribution >= 0.6 is 11.3 Å². The lowest BCUT2D eigenvalue weighted by Crippen LogP contribution is -2.45. The third-order valence-electron chi connectivity index (χ3n) is 5.18. The monoisotopic (exact) mass is 468 g/mol. The predicted octanol–water partition coefficient (Wildman–Crippen LogP) is 4.07. The van der Waals surface area contributed by atoms with Crippen molar-refractivity contribution in [2.75, 3.05) is 25.7 Å². The highest BCUT2D eigenvalue weighted by Crippen LogP contribution is 2.39. The van der Waals surface area contributed by atoms with Gasteiger partial charge in [-0.1, -0.05) is 18.2 Å². The van der Waals surface area contributed by atoms with Gasteiger partial charge in [0.2, 0.25) is 0 Å². The van der Waals surface area contributed by atoms with Gasteiger partial charge in [0.15, 0.2) is 17.6 Å². The van der Waals surface area contributed by atoms with Gasteiger partial charge in [0.05, 0.1) is 37.6 Å². The number of ether oxygens (including phenoxy) is 4. The van der Waals surface area contributed by atoms with E-state index in [2.05, 4.69) is 4.98 Å². The van der Waals surface area contributed by atoms with Crippen molar-refractivity contribution in [1.82, 2.24) is 4.98 Å². The minimum Gasteiger partial charge on any atom is -0.493 e. The molecule has 0 N–H and O–H groups in total. The van der Waals surface area contributed by atoms with Gasteiger partial charge in [0.1, 0.15) is 17.4 Å². The summed E-state index contributed by atoms with van der Waals surface area (Å²) in [5.74, 6) is 1.25. The van der Waals surface area contributed by atoms with Crippen LogP contribution in [0, 0.1) is 0 Å². The Labute approximate surface area is 195 Å². The number of fused-ring (bicyclic) bond motifs is 1. The smallest absolute Gasteiger partial charge is 0.307 e. The summed E-state index contributed by atoms with van der Waals surface area (Å²) in [5, 5.41) is 2.58. The molecule has 9 heteroatoms. The number of anilines is 1. The summed E-state index contributed by atoms with van der Waals surface area (Å²) in [6.07, 6.45) is -0.536. The molecule has 2 heterocycles. The van der Waals surface area contributed by atoms with Crippen molar-refractivity contribution < 1.29 is 28.5 Å². The number of thiazole rings is 1. The first-order chi connectivity index (χ1) is 16.0. The number of para-hydroxylation sites is 3. The Morgan fingerprint density at radius 2 is 1.97 bits per heavy atom. The average Bonchev–Trinajstić information content (AvgIpc) is 3.31. The minimum absolute atomic E-state index is 0.0473. The number of hydrogen-bond donors (Lipinski definition) is 0. The van der Waals surface area contributed by atoms with Gasteiger partial charge >= 0.3 is 5.97 Å². The van der Waals surface area contributed by atoms with Crippen molar-refractivity contribution in [3.05, 3.63) is 53.5 Å². The molecule has 0 fully saturated rings. The highest BCUT2D eigenvalue weighted by Gasteiger charge is 2.31. The molecule has 0 saturated carbocycles. The SMILES string of the molecule is COc1cccc(-c2nc(COC(=O)CCN3C(=O)[C@H](C)Oc4ccccc43)cs2)c1OC. The molecule has 0 unspecified atom stereocenters. The van der Waals surface area contributed by atoms with Gasteiger partial charge in [0, 0.05) is 11.9 Å². The fraction of sp³-hybridized carbons (Fsp3) is 0.292. The number of amides is 1. The number of hydrogen-bond acceptors (Lipinski definition) is 8. The van der Waals surface area contributed by atoms with Crippen LogP contribution in [0.15, 0.2) is 47.8 Å². The number of esters is 1. The van der Waals surface area contributed by atoms with E-state index in [1.807, 2.05) is 35.7 Å². The first kappa shape index (κ1) is 22.6. The normalized spacial score (nSPS) is 14.9. The predicted molar refractivity (Wildman–Crippen MR) is 124 cm³/mol. The van der Waals surface area contributed by atoms with Gasteiger partial charge in [0.25, 0.3) is 5.91 Å². The topological polar surface area (TPSA) is 87.2 Å². The van der Waals surface area contributed by atoms with E-state index in [1.54, 1.807) is 38.2 Å². The summed E-state index contributed by atoms with van der Waals surface area (Å²) < 4.78 is 21.8. The van der Waals surface area contributed by atoms with Crippen LogP contribution in [-0.2, 0) is 20.9 Å². The molecule has 0 bridgehead atoms. The molecule has 1 amide bonds. The second kappa shape index (κ2) is 9.91. The summed E-state index contributed by atoms with van der Waals surface area (Å²) in [6.45, 7) is 1.96. The molecule has 3 aromatic rings. The number of nitrogens with zero attached hydrogens (tertiary/aromatic N) is 2. The van der Waals surface area contributed by atoms with Crippen molar-refractivity contribution in [3.8, 4) is 27.8 Å². The molecule has 1 aromatic heterocycles. The highest BCUT2D eigenvalue weighted by atomic mass is 32.1. The van der Waals surface area contributed by atoms with Gasteiger partial charge in [-0.05, 0) is 31.2 Å². The van der Waals surface area contributed by atoms with Crippen molar-refractivity contribution in [1.29, 1.82) is 0 Å². The molecule has 8 nitrogen and oxygen atoms in total. The maximum absolute atomic E-state index is 12.5. The largest absolute Gasteiger partial charge is 0.493 e. The van der Waals surface area contributed by atoms with Gasteiger partial charge in [-0.15, -0.1) is 11.3 Å². The lowest BCUT2D eigenvalue weighted by molar-refractivity contribution is -0.144. The zero-order chi connectivity index (χ0) is 23.4. The summed E-state index contributed by atoms with van der Waals surface area (Å²) >= 11 is 1.43. The molecular weight excluding hydrogens is 444 g/mol. The molecule has 1 atom stereocenters. The number of carbonyl (C=O) groups is 2. The molecule has 1 aliphatic heterocycles. The first-order valence-corrected chi connectivity index (χ1v) is 11.3. The molecule has 0 spiro atoms. The number of methoxy groups -OCH3 is 2. The Balaban J connectivity index is 1.36. The van der Waals surface area contributed by atoms with Crippen molar-refractivity contribution in [2.24, 2.45) is 0 Å². The summed E-state index contributed by atoms with van der Waals surface area (Å²) in [5.41, 5.74) is 2.09. The van der Waals surface area contributed by atoms with Crippen LogP contribution in [0.2, 0.25) is 0 Å². The van der Waals surface area contributed by atoms with Crippen LogP contribution in [0.1, 0.15) is 19.0 Å². The fourth-order valence-corrected chi connectivity index (χ4v) is 4.40. The quantitative estimate of drug-likeness (QED) is 0.461. The Morgan fingerprint density at radius 3 is 2.76 bits per heavy atom. The second-order valence-corrected chi connectivity index (χ2v) is 8.17. The van der Waals surface area contributed by atoms with E-state index in [-0.39, 0.29) is 25.5 Å². The van der Waals surface area contributed by atoms with E-state index >= 15 is 0 Å². The van der Waals surface area contributed by atoms with Crippen LogP contribution < -0.4 is 19.1 Å². The molecule has 0 aliphatic carbocycles. The Morgan fingerprint density at radius 1 is 1.15 bits per heavy atom. The molecular formula is C24H24N2O6S. The lowest BCUT2D eigenvalue weighted by atomic mass is 10.2. The number of benzene rings is 2. The number of aromatic nitrogens is 1.